The predicted molar refractivity (Wildman–Crippen MR) is 146 cm³/mol. The summed E-state index contributed by atoms with van der Waals surface area (Å²) >= 11 is 0. The highest BCUT2D eigenvalue weighted by Crippen LogP contribution is 2.39. The van der Waals surface area contributed by atoms with Crippen LogP contribution in [-0.4, -0.2) is 32.3 Å². The van der Waals surface area contributed by atoms with Crippen molar-refractivity contribution in [2.24, 2.45) is 0 Å². The summed E-state index contributed by atoms with van der Waals surface area (Å²) < 4.78 is 39.7. The number of ether oxygens (including phenoxy) is 2. The summed E-state index contributed by atoms with van der Waals surface area (Å²) in [6.45, 7) is 0.0114. The number of benzene rings is 4. The van der Waals surface area contributed by atoms with Gasteiger partial charge in [0.05, 0.1) is 18.5 Å². The smallest absolute Gasteiger partial charge is 0.262 e. The molecular formula is C29H27N3O5S. The fraction of sp³-hybridized carbons (Fsp3) is 0.138. The first-order valence-electron chi connectivity index (χ1n) is 12.0. The fourth-order valence-corrected chi connectivity index (χ4v) is 5.99. The van der Waals surface area contributed by atoms with Crippen molar-refractivity contribution in [3.63, 3.8) is 0 Å². The molecule has 0 saturated heterocycles. The largest absolute Gasteiger partial charge is 0.495 e. The third kappa shape index (κ3) is 5.34. The number of sulfonamides is 1. The van der Waals surface area contributed by atoms with Gasteiger partial charge in [-0.05, 0) is 47.5 Å². The minimum atomic E-state index is -3.77. The highest BCUT2D eigenvalue weighted by molar-refractivity contribution is 7.89. The number of carbonyl (C=O) groups excluding carboxylic acids is 1. The van der Waals surface area contributed by atoms with E-state index in [2.05, 4.69) is 10.6 Å². The Kier molecular flexibility index (Phi) is 7.30. The molecule has 8 nitrogen and oxygen atoms in total. The van der Waals surface area contributed by atoms with Gasteiger partial charge in [-0.15, -0.1) is 0 Å². The number of anilines is 2. The Bertz CT molecular complexity index is 1530. The second-order valence-corrected chi connectivity index (χ2v) is 10.5. The summed E-state index contributed by atoms with van der Waals surface area (Å²) in [6.07, 6.45) is -0.627. The lowest BCUT2D eigenvalue weighted by Gasteiger charge is -2.37. The van der Waals surface area contributed by atoms with E-state index in [0.717, 1.165) is 11.1 Å². The third-order valence-corrected chi connectivity index (χ3v) is 8.05. The minimum absolute atomic E-state index is 0.193. The van der Waals surface area contributed by atoms with E-state index in [0.29, 0.717) is 22.9 Å². The fourth-order valence-electron chi connectivity index (χ4n) is 4.31. The predicted octanol–water partition coefficient (Wildman–Crippen LogP) is 5.03. The van der Waals surface area contributed by atoms with Gasteiger partial charge in [0.2, 0.25) is 10.0 Å². The lowest BCUT2D eigenvalue weighted by atomic mass is 10.1. The molecule has 9 heteroatoms. The summed E-state index contributed by atoms with van der Waals surface area (Å²) in [5.74, 6) is 0.712. The monoisotopic (exact) mass is 529 g/mol. The number of hydrogen-bond acceptors (Lipinski definition) is 6. The van der Waals surface area contributed by atoms with Gasteiger partial charge < -0.3 is 20.1 Å². The molecule has 0 fully saturated rings. The summed E-state index contributed by atoms with van der Waals surface area (Å²) in [4.78, 5) is 12.6. The number of nitrogens with zero attached hydrogens (tertiary/aromatic N) is 1. The van der Waals surface area contributed by atoms with Crippen molar-refractivity contribution in [2.45, 2.75) is 17.6 Å². The van der Waals surface area contributed by atoms with E-state index in [1.807, 2.05) is 36.4 Å². The van der Waals surface area contributed by atoms with Crippen LogP contribution in [0.5, 0.6) is 11.5 Å². The van der Waals surface area contributed by atoms with Gasteiger partial charge in [0.15, 0.2) is 6.61 Å². The highest BCUT2D eigenvalue weighted by atomic mass is 32.2. The Labute approximate surface area is 221 Å². The van der Waals surface area contributed by atoms with Crippen molar-refractivity contribution in [1.82, 2.24) is 4.31 Å². The molecule has 194 valence electrons. The van der Waals surface area contributed by atoms with Gasteiger partial charge >= 0.3 is 0 Å². The quantitative estimate of drug-likeness (QED) is 0.332. The molecule has 0 spiro atoms. The number of methoxy groups -OCH3 is 1. The lowest BCUT2D eigenvalue weighted by molar-refractivity contribution is -0.118. The average Bonchev–Trinajstić information content (AvgIpc) is 2.94. The average molecular weight is 530 g/mol. The van der Waals surface area contributed by atoms with Crippen LogP contribution in [0.25, 0.3) is 0 Å². The molecule has 1 aliphatic rings. The van der Waals surface area contributed by atoms with Crippen LogP contribution < -0.4 is 20.1 Å². The van der Waals surface area contributed by atoms with E-state index in [-0.39, 0.29) is 24.0 Å². The maximum absolute atomic E-state index is 13.6. The van der Waals surface area contributed by atoms with Crippen molar-refractivity contribution >= 4 is 27.3 Å². The van der Waals surface area contributed by atoms with Gasteiger partial charge in [0.25, 0.3) is 5.91 Å². The number of carbonyl (C=O) groups is 1. The number of amides is 1. The molecule has 0 unspecified atom stereocenters. The highest BCUT2D eigenvalue weighted by Gasteiger charge is 2.38. The van der Waals surface area contributed by atoms with Crippen molar-refractivity contribution in [2.75, 3.05) is 24.4 Å². The Morgan fingerprint density at radius 2 is 1.58 bits per heavy atom. The second kappa shape index (κ2) is 11.0. The molecule has 4 aromatic rings. The Balaban J connectivity index is 1.33. The van der Waals surface area contributed by atoms with E-state index in [4.69, 9.17) is 9.47 Å². The van der Waals surface area contributed by atoms with Crippen LogP contribution in [0.15, 0.2) is 108 Å². The van der Waals surface area contributed by atoms with Crippen LogP contribution in [-0.2, 0) is 21.4 Å². The lowest BCUT2D eigenvalue weighted by Crippen LogP contribution is -2.42. The van der Waals surface area contributed by atoms with E-state index in [9.17, 15) is 13.2 Å². The molecule has 1 aliphatic heterocycles. The van der Waals surface area contributed by atoms with Gasteiger partial charge in [-0.3, -0.25) is 4.79 Å². The molecule has 0 radical (unpaired) electrons. The number of fused-ring (bicyclic) bond motifs is 1. The normalized spacial score (nSPS) is 16.1. The molecule has 1 atom stereocenters. The zero-order valence-corrected chi connectivity index (χ0v) is 21.5. The molecule has 38 heavy (non-hydrogen) atoms. The minimum Gasteiger partial charge on any atom is -0.495 e. The maximum Gasteiger partial charge on any atom is 0.262 e. The van der Waals surface area contributed by atoms with Crippen LogP contribution in [0.3, 0.4) is 0 Å². The van der Waals surface area contributed by atoms with Crippen LogP contribution >= 0.6 is 0 Å². The molecule has 0 aromatic heterocycles. The number of para-hydroxylation sites is 3. The number of nitrogens with one attached hydrogen (secondary N) is 2. The zero-order valence-electron chi connectivity index (χ0n) is 20.7. The Morgan fingerprint density at radius 1 is 0.895 bits per heavy atom. The first-order valence-corrected chi connectivity index (χ1v) is 13.5. The van der Waals surface area contributed by atoms with Crippen molar-refractivity contribution in [1.29, 1.82) is 0 Å². The molecule has 1 heterocycles. The van der Waals surface area contributed by atoms with Gasteiger partial charge in [-0.2, -0.15) is 4.31 Å². The van der Waals surface area contributed by atoms with E-state index in [1.165, 1.54) is 11.4 Å². The molecule has 0 saturated carbocycles. The summed E-state index contributed by atoms with van der Waals surface area (Å²) in [5, 5.41) is 6.15. The van der Waals surface area contributed by atoms with Crippen molar-refractivity contribution in [3.8, 4) is 11.5 Å². The standard InChI is InChI=1S/C29H27N3O5S/c1-36-26-13-7-5-11-24(26)30-28(33)20-37-23-17-15-22(16-18-23)29-31-25-12-6-8-14-27(25)38(34,35)32(29)19-21-9-3-2-4-10-21/h2-18,29,31H,19-20H2,1H3,(H,30,33)/t29-/m0/s1. The van der Waals surface area contributed by atoms with Gasteiger partial charge in [0, 0.05) is 6.54 Å². The molecule has 2 N–H and O–H groups in total. The van der Waals surface area contributed by atoms with E-state index >= 15 is 0 Å². The molecule has 0 aliphatic carbocycles. The summed E-state index contributed by atoms with van der Waals surface area (Å²) in [5.41, 5.74) is 2.73. The van der Waals surface area contributed by atoms with Crippen molar-refractivity contribution < 1.29 is 22.7 Å². The van der Waals surface area contributed by atoms with Gasteiger partial charge in [0.1, 0.15) is 22.6 Å². The van der Waals surface area contributed by atoms with Gasteiger partial charge in [-0.1, -0.05) is 66.7 Å². The van der Waals surface area contributed by atoms with Crippen LogP contribution in [0.1, 0.15) is 17.3 Å². The SMILES string of the molecule is COc1ccccc1NC(=O)COc1ccc([C@H]2Nc3ccccc3S(=O)(=O)N2Cc2ccccc2)cc1. The topological polar surface area (TPSA) is 97.0 Å². The molecular weight excluding hydrogens is 502 g/mol. The third-order valence-electron chi connectivity index (χ3n) is 6.18. The van der Waals surface area contributed by atoms with Crippen LogP contribution in [0, 0.1) is 0 Å². The molecule has 0 bridgehead atoms. The van der Waals surface area contributed by atoms with E-state index < -0.39 is 16.2 Å². The van der Waals surface area contributed by atoms with Crippen LogP contribution in [0.2, 0.25) is 0 Å². The van der Waals surface area contributed by atoms with Crippen LogP contribution in [0.4, 0.5) is 11.4 Å². The van der Waals surface area contributed by atoms with Gasteiger partial charge in [-0.25, -0.2) is 8.42 Å². The van der Waals surface area contributed by atoms with E-state index in [1.54, 1.807) is 66.7 Å². The maximum atomic E-state index is 13.6. The first kappa shape index (κ1) is 25.3. The molecule has 1 amide bonds. The Morgan fingerprint density at radius 3 is 2.34 bits per heavy atom. The second-order valence-electron chi connectivity index (χ2n) is 8.69. The molecule has 5 rings (SSSR count). The number of hydrogen-bond donors (Lipinski definition) is 2. The summed E-state index contributed by atoms with van der Waals surface area (Å²) in [7, 11) is -2.23. The molecule has 4 aromatic carbocycles. The first-order chi connectivity index (χ1) is 18.5. The van der Waals surface area contributed by atoms with Crippen molar-refractivity contribution in [3.05, 3.63) is 114 Å². The summed E-state index contributed by atoms with van der Waals surface area (Å²) in [6, 6.07) is 30.5. The number of rotatable bonds is 8. The Hall–Kier alpha value is -4.34. The zero-order chi connectivity index (χ0) is 26.5.